The number of benzene rings is 1. The van der Waals surface area contributed by atoms with Crippen molar-refractivity contribution in [3.05, 3.63) is 46.7 Å². The van der Waals surface area contributed by atoms with E-state index in [0.717, 1.165) is 16.7 Å². The van der Waals surface area contributed by atoms with Crippen LogP contribution in [0, 0.1) is 10.7 Å². The van der Waals surface area contributed by atoms with Crippen LogP contribution in [0.4, 0.5) is 5.69 Å². The number of anilines is 1. The van der Waals surface area contributed by atoms with Gasteiger partial charge in [-0.3, -0.25) is 4.79 Å². The molecular formula is C15H12BrN3O3S. The topological polar surface area (TPSA) is 84.1 Å². The molecule has 118 valence electrons. The molecule has 0 saturated heterocycles. The molecule has 0 aliphatic rings. The lowest BCUT2D eigenvalue weighted by Gasteiger charge is -2.09. The predicted molar refractivity (Wildman–Crippen MR) is 89.9 cm³/mol. The van der Waals surface area contributed by atoms with E-state index in [9.17, 15) is 9.59 Å². The van der Waals surface area contributed by atoms with Crippen LogP contribution in [-0.2, 0) is 16.6 Å². The third-order valence-electron chi connectivity index (χ3n) is 2.87. The smallest absolute Gasteiger partial charge is 0.355 e. The maximum absolute atomic E-state index is 11.9. The monoisotopic (exact) mass is 393 g/mol. The van der Waals surface area contributed by atoms with Crippen molar-refractivity contribution in [3.8, 4) is 5.40 Å². The van der Waals surface area contributed by atoms with Crippen LogP contribution in [0.25, 0.3) is 0 Å². The van der Waals surface area contributed by atoms with Crippen LogP contribution < -0.4 is 5.32 Å². The summed E-state index contributed by atoms with van der Waals surface area (Å²) in [5, 5.41) is 13.2. The summed E-state index contributed by atoms with van der Waals surface area (Å²) in [6, 6.07) is 8.43. The number of carbonyl (C=O) groups excluding carboxylic acids is 2. The van der Waals surface area contributed by atoms with E-state index < -0.39 is 11.9 Å². The largest absolute Gasteiger partial charge is 0.451 e. The number of nitrogens with zero attached hydrogens (tertiary/aromatic N) is 2. The zero-order valence-corrected chi connectivity index (χ0v) is 14.5. The number of carbonyl (C=O) groups is 2. The average Bonchev–Trinajstić information content (AvgIpc) is 2.94. The van der Waals surface area contributed by atoms with E-state index in [1.165, 1.54) is 0 Å². The molecule has 6 nitrogen and oxygen atoms in total. The minimum absolute atomic E-state index is 0.372. The quantitative estimate of drug-likeness (QED) is 0.479. The Morgan fingerprint density at radius 3 is 2.83 bits per heavy atom. The summed E-state index contributed by atoms with van der Waals surface area (Å²) in [5.74, 6) is -1.01. The lowest BCUT2D eigenvalue weighted by molar-refractivity contribution is -0.119. The van der Waals surface area contributed by atoms with Crippen molar-refractivity contribution in [1.82, 2.24) is 4.57 Å². The van der Waals surface area contributed by atoms with Crippen molar-refractivity contribution in [2.24, 2.45) is 7.05 Å². The van der Waals surface area contributed by atoms with Crippen molar-refractivity contribution in [2.75, 3.05) is 11.9 Å². The van der Waals surface area contributed by atoms with E-state index in [1.807, 2.05) is 5.40 Å². The fourth-order valence-corrected chi connectivity index (χ4v) is 2.83. The number of rotatable bonds is 5. The molecule has 0 fully saturated rings. The summed E-state index contributed by atoms with van der Waals surface area (Å²) in [7, 11) is 1.72. The van der Waals surface area contributed by atoms with E-state index in [1.54, 1.807) is 48.1 Å². The van der Waals surface area contributed by atoms with Gasteiger partial charge in [0.15, 0.2) is 6.61 Å². The van der Waals surface area contributed by atoms with Gasteiger partial charge in [0.05, 0.1) is 5.69 Å². The summed E-state index contributed by atoms with van der Waals surface area (Å²) in [6.45, 7) is -0.384. The Morgan fingerprint density at radius 1 is 1.43 bits per heavy atom. The highest BCUT2D eigenvalue weighted by Gasteiger charge is 2.13. The van der Waals surface area contributed by atoms with Crippen LogP contribution in [0.1, 0.15) is 10.5 Å². The van der Waals surface area contributed by atoms with Gasteiger partial charge in [-0.2, -0.15) is 5.26 Å². The van der Waals surface area contributed by atoms with Crippen LogP contribution in [0.5, 0.6) is 0 Å². The van der Waals surface area contributed by atoms with Gasteiger partial charge < -0.3 is 14.6 Å². The zero-order chi connectivity index (χ0) is 16.8. The molecule has 0 aliphatic carbocycles. The Kier molecular flexibility index (Phi) is 5.84. The summed E-state index contributed by atoms with van der Waals surface area (Å²) >= 11 is 4.34. The van der Waals surface area contributed by atoms with E-state index >= 15 is 0 Å². The van der Waals surface area contributed by atoms with E-state index in [0.29, 0.717) is 15.9 Å². The summed E-state index contributed by atoms with van der Waals surface area (Å²) < 4.78 is 7.22. The average molecular weight is 394 g/mol. The third-order valence-corrected chi connectivity index (χ3v) is 4.10. The van der Waals surface area contributed by atoms with Gasteiger partial charge in [-0.15, -0.1) is 0 Å². The fraction of sp³-hybridized carbons (Fsp3) is 0.133. The Balaban J connectivity index is 1.91. The number of nitriles is 1. The van der Waals surface area contributed by atoms with Gasteiger partial charge in [0, 0.05) is 22.6 Å². The number of aryl methyl sites for hydroxylation is 1. The second kappa shape index (κ2) is 7.85. The number of hydrogen-bond acceptors (Lipinski definition) is 5. The van der Waals surface area contributed by atoms with Crippen LogP contribution in [0.3, 0.4) is 0 Å². The Labute approximate surface area is 145 Å². The van der Waals surface area contributed by atoms with E-state index in [-0.39, 0.29) is 6.61 Å². The van der Waals surface area contributed by atoms with Crippen LogP contribution in [0.2, 0.25) is 0 Å². The number of amides is 1. The van der Waals surface area contributed by atoms with Crippen molar-refractivity contribution >= 4 is 45.3 Å². The van der Waals surface area contributed by atoms with E-state index in [4.69, 9.17) is 10.00 Å². The highest BCUT2D eigenvalue weighted by Crippen LogP contribution is 2.28. The summed E-state index contributed by atoms with van der Waals surface area (Å²) in [6.07, 6.45) is 1.72. The molecule has 1 aromatic heterocycles. The molecular weight excluding hydrogens is 382 g/mol. The first-order chi connectivity index (χ1) is 11.0. The standard InChI is InChI=1S/C15H12BrN3O3S/c1-19-6-2-3-13(19)15(21)22-8-14(20)18-12-5-4-10(23-9-17)7-11(12)16/h2-7H,8H2,1H3,(H,18,20). The molecule has 2 rings (SSSR count). The minimum Gasteiger partial charge on any atom is -0.451 e. The molecule has 0 unspecified atom stereocenters. The fourth-order valence-electron chi connectivity index (χ4n) is 1.78. The first kappa shape index (κ1) is 17.1. The number of thiocyanates is 1. The van der Waals surface area contributed by atoms with Crippen molar-refractivity contribution < 1.29 is 14.3 Å². The highest BCUT2D eigenvalue weighted by atomic mass is 79.9. The third kappa shape index (κ3) is 4.61. The van der Waals surface area contributed by atoms with Gasteiger partial charge in [-0.1, -0.05) is 0 Å². The SMILES string of the molecule is Cn1cccc1C(=O)OCC(=O)Nc1ccc(SC#N)cc1Br. The van der Waals surface area contributed by atoms with Crippen molar-refractivity contribution in [1.29, 1.82) is 5.26 Å². The highest BCUT2D eigenvalue weighted by molar-refractivity contribution is 9.10. The Morgan fingerprint density at radius 2 is 2.22 bits per heavy atom. The molecule has 0 spiro atoms. The summed E-state index contributed by atoms with van der Waals surface area (Å²) in [5.41, 5.74) is 0.907. The molecule has 2 aromatic rings. The maximum atomic E-state index is 11.9. The molecule has 1 amide bonds. The molecule has 0 saturated carbocycles. The van der Waals surface area contributed by atoms with Gasteiger partial charge in [0.2, 0.25) is 0 Å². The predicted octanol–water partition coefficient (Wildman–Crippen LogP) is 3.16. The van der Waals surface area contributed by atoms with Crippen molar-refractivity contribution in [3.63, 3.8) is 0 Å². The van der Waals surface area contributed by atoms with Crippen molar-refractivity contribution in [2.45, 2.75) is 4.90 Å². The van der Waals surface area contributed by atoms with Gasteiger partial charge in [-0.25, -0.2) is 4.79 Å². The van der Waals surface area contributed by atoms with Crippen LogP contribution in [-0.4, -0.2) is 23.1 Å². The first-order valence-corrected chi connectivity index (χ1v) is 8.06. The number of ether oxygens (including phenoxy) is 1. The number of hydrogen-bond donors (Lipinski definition) is 1. The van der Waals surface area contributed by atoms with Crippen LogP contribution in [0.15, 0.2) is 45.9 Å². The van der Waals surface area contributed by atoms with Gasteiger partial charge in [-0.05, 0) is 58.0 Å². The lowest BCUT2D eigenvalue weighted by atomic mass is 10.3. The molecule has 23 heavy (non-hydrogen) atoms. The molecule has 0 bridgehead atoms. The molecule has 1 N–H and O–H groups in total. The maximum Gasteiger partial charge on any atom is 0.355 e. The van der Waals surface area contributed by atoms with Gasteiger partial charge in [0.1, 0.15) is 11.1 Å². The molecule has 1 aromatic carbocycles. The van der Waals surface area contributed by atoms with E-state index in [2.05, 4.69) is 21.2 Å². The van der Waals surface area contributed by atoms with Crippen LogP contribution >= 0.6 is 27.7 Å². The second-order valence-electron chi connectivity index (χ2n) is 4.46. The zero-order valence-electron chi connectivity index (χ0n) is 12.1. The molecule has 8 heteroatoms. The Bertz CT molecular complexity index is 783. The number of aromatic nitrogens is 1. The first-order valence-electron chi connectivity index (χ1n) is 6.45. The second-order valence-corrected chi connectivity index (χ2v) is 6.18. The number of nitrogens with one attached hydrogen (secondary N) is 1. The van der Waals surface area contributed by atoms with Gasteiger partial charge in [0.25, 0.3) is 5.91 Å². The lowest BCUT2D eigenvalue weighted by Crippen LogP contribution is -2.22. The van der Waals surface area contributed by atoms with Gasteiger partial charge >= 0.3 is 5.97 Å². The molecule has 0 aliphatic heterocycles. The molecule has 0 radical (unpaired) electrons. The number of halogens is 1. The Hall–Kier alpha value is -2.24. The number of esters is 1. The molecule has 1 heterocycles. The molecule has 0 atom stereocenters. The number of thioether (sulfide) groups is 1. The minimum atomic E-state index is -0.563. The summed E-state index contributed by atoms with van der Waals surface area (Å²) in [4.78, 5) is 24.4. The normalized spacial score (nSPS) is 9.96.